The summed E-state index contributed by atoms with van der Waals surface area (Å²) >= 11 is 6.23. The molecule has 96 valence electrons. The second-order valence-corrected chi connectivity index (χ2v) is 8.10. The Balaban J connectivity index is 2.33. The van der Waals surface area contributed by atoms with Crippen LogP contribution in [-0.4, -0.2) is 18.6 Å². The second kappa shape index (κ2) is 5.27. The molecule has 18 heavy (non-hydrogen) atoms. The summed E-state index contributed by atoms with van der Waals surface area (Å²) in [6.07, 6.45) is 0. The SMILES string of the molecule is Nc1nnc(S(=O)(=O)Nc2ccc(I)cc2Br)s1. The van der Waals surface area contributed by atoms with Crippen molar-refractivity contribution in [3.63, 3.8) is 0 Å². The van der Waals surface area contributed by atoms with Gasteiger partial charge < -0.3 is 5.73 Å². The molecule has 2 rings (SSSR count). The number of rotatable bonds is 3. The molecule has 0 spiro atoms. The number of nitrogens with two attached hydrogens (primary N) is 1. The maximum Gasteiger partial charge on any atom is 0.291 e. The molecule has 0 aliphatic rings. The number of nitrogens with one attached hydrogen (secondary N) is 1. The van der Waals surface area contributed by atoms with Crippen molar-refractivity contribution in [2.24, 2.45) is 0 Å². The molecule has 2 aromatic rings. The summed E-state index contributed by atoms with van der Waals surface area (Å²) in [7, 11) is -3.75. The number of hydrogen-bond acceptors (Lipinski definition) is 6. The van der Waals surface area contributed by atoms with E-state index in [9.17, 15) is 8.42 Å². The van der Waals surface area contributed by atoms with Gasteiger partial charge >= 0.3 is 0 Å². The predicted octanol–water partition coefficient (Wildman–Crippen LogP) is 2.29. The molecule has 3 N–H and O–H groups in total. The summed E-state index contributed by atoms with van der Waals surface area (Å²) in [4.78, 5) is 0. The number of nitrogen functional groups attached to an aromatic ring is 1. The molecule has 0 aliphatic heterocycles. The molecular weight excluding hydrogens is 455 g/mol. The quantitative estimate of drug-likeness (QED) is 0.684. The van der Waals surface area contributed by atoms with Crippen LogP contribution in [0.2, 0.25) is 0 Å². The molecular formula is C8H6BrIN4O2S2. The molecule has 0 unspecified atom stereocenters. The van der Waals surface area contributed by atoms with Crippen LogP contribution in [0, 0.1) is 3.57 Å². The highest BCUT2D eigenvalue weighted by Gasteiger charge is 2.20. The second-order valence-electron chi connectivity index (χ2n) is 3.14. The first kappa shape index (κ1) is 14.0. The number of halogens is 2. The zero-order chi connectivity index (χ0) is 13.3. The third-order valence-corrected chi connectivity index (χ3v) is 5.64. The monoisotopic (exact) mass is 460 g/mol. The molecule has 0 bridgehead atoms. The van der Waals surface area contributed by atoms with Gasteiger partial charge in [-0.3, -0.25) is 4.72 Å². The van der Waals surface area contributed by atoms with Crippen LogP contribution in [0.4, 0.5) is 10.8 Å². The lowest BCUT2D eigenvalue weighted by Gasteiger charge is -2.07. The van der Waals surface area contributed by atoms with Gasteiger partial charge in [-0.2, -0.15) is 8.42 Å². The van der Waals surface area contributed by atoms with Crippen molar-refractivity contribution in [2.45, 2.75) is 4.34 Å². The van der Waals surface area contributed by atoms with Gasteiger partial charge in [0.15, 0.2) is 0 Å². The lowest BCUT2D eigenvalue weighted by atomic mass is 10.3. The first-order chi connectivity index (χ1) is 8.38. The van der Waals surface area contributed by atoms with E-state index in [4.69, 9.17) is 5.73 Å². The number of benzene rings is 1. The lowest BCUT2D eigenvalue weighted by Crippen LogP contribution is -2.13. The van der Waals surface area contributed by atoms with Crippen molar-refractivity contribution >= 4 is 70.7 Å². The number of sulfonamides is 1. The highest BCUT2D eigenvalue weighted by atomic mass is 127. The average molecular weight is 461 g/mol. The van der Waals surface area contributed by atoms with Crippen molar-refractivity contribution in [1.29, 1.82) is 0 Å². The van der Waals surface area contributed by atoms with E-state index in [0.717, 1.165) is 14.9 Å². The molecule has 0 radical (unpaired) electrons. The van der Waals surface area contributed by atoms with Crippen molar-refractivity contribution in [1.82, 2.24) is 10.2 Å². The molecule has 1 aromatic heterocycles. The van der Waals surface area contributed by atoms with Crippen molar-refractivity contribution in [3.05, 3.63) is 26.2 Å². The highest BCUT2D eigenvalue weighted by Crippen LogP contribution is 2.27. The molecule has 10 heteroatoms. The van der Waals surface area contributed by atoms with Gasteiger partial charge in [-0.1, -0.05) is 11.3 Å². The third kappa shape index (κ3) is 3.10. The van der Waals surface area contributed by atoms with Crippen LogP contribution in [0.25, 0.3) is 0 Å². The number of nitrogens with zero attached hydrogens (tertiary/aromatic N) is 2. The van der Waals surface area contributed by atoms with Gasteiger partial charge in [0.1, 0.15) is 0 Å². The van der Waals surface area contributed by atoms with Gasteiger partial charge in [-0.25, -0.2) is 0 Å². The van der Waals surface area contributed by atoms with E-state index >= 15 is 0 Å². The third-order valence-electron chi connectivity index (χ3n) is 1.83. The van der Waals surface area contributed by atoms with Crippen molar-refractivity contribution in [2.75, 3.05) is 10.5 Å². The van der Waals surface area contributed by atoms with E-state index < -0.39 is 10.0 Å². The number of anilines is 2. The fourth-order valence-electron chi connectivity index (χ4n) is 1.09. The Morgan fingerprint density at radius 3 is 2.67 bits per heavy atom. The van der Waals surface area contributed by atoms with Crippen LogP contribution in [0.1, 0.15) is 0 Å². The fraction of sp³-hybridized carbons (Fsp3) is 0. The van der Waals surface area contributed by atoms with Gasteiger partial charge in [0, 0.05) is 8.04 Å². The maximum atomic E-state index is 12.0. The molecule has 0 aliphatic carbocycles. The normalized spacial score (nSPS) is 11.4. The molecule has 1 heterocycles. The van der Waals surface area contributed by atoms with Crippen molar-refractivity contribution in [3.8, 4) is 0 Å². The summed E-state index contributed by atoms with van der Waals surface area (Å²) in [5, 5.41) is 7.09. The van der Waals surface area contributed by atoms with Gasteiger partial charge in [0.2, 0.25) is 5.13 Å². The first-order valence-corrected chi connectivity index (χ1v) is 8.62. The zero-order valence-corrected chi connectivity index (χ0v) is 14.0. The van der Waals surface area contributed by atoms with Crippen LogP contribution in [0.3, 0.4) is 0 Å². The molecule has 1 aromatic carbocycles. The van der Waals surface area contributed by atoms with Crippen LogP contribution in [-0.2, 0) is 10.0 Å². The van der Waals surface area contributed by atoms with Crippen LogP contribution in [0.15, 0.2) is 27.0 Å². The Morgan fingerprint density at radius 1 is 1.39 bits per heavy atom. The molecule has 0 amide bonds. The summed E-state index contributed by atoms with van der Waals surface area (Å²) in [5.74, 6) is 0. The first-order valence-electron chi connectivity index (χ1n) is 4.45. The topological polar surface area (TPSA) is 98.0 Å². The summed E-state index contributed by atoms with van der Waals surface area (Å²) < 4.78 is 27.8. The molecule has 6 nitrogen and oxygen atoms in total. The van der Waals surface area contributed by atoms with E-state index in [1.54, 1.807) is 18.2 Å². The minimum atomic E-state index is -3.75. The van der Waals surface area contributed by atoms with Crippen LogP contribution >= 0.6 is 49.9 Å². The van der Waals surface area contributed by atoms with E-state index in [1.807, 2.05) is 0 Å². The van der Waals surface area contributed by atoms with Gasteiger partial charge in [0.05, 0.1) is 5.69 Å². The van der Waals surface area contributed by atoms with E-state index in [1.165, 1.54) is 0 Å². The smallest absolute Gasteiger partial charge is 0.291 e. The summed E-state index contributed by atoms with van der Waals surface area (Å²) in [6, 6.07) is 5.25. The molecule has 0 saturated heterocycles. The van der Waals surface area contributed by atoms with E-state index in [0.29, 0.717) is 10.2 Å². The maximum absolute atomic E-state index is 12.0. The summed E-state index contributed by atoms with van der Waals surface area (Å²) in [5.41, 5.74) is 5.80. The minimum Gasteiger partial charge on any atom is -0.374 e. The number of aromatic nitrogens is 2. The van der Waals surface area contributed by atoms with Crippen molar-refractivity contribution < 1.29 is 8.42 Å². The summed E-state index contributed by atoms with van der Waals surface area (Å²) in [6.45, 7) is 0. The Labute approximate surface area is 129 Å². The lowest BCUT2D eigenvalue weighted by molar-refractivity contribution is 0.599. The fourth-order valence-corrected chi connectivity index (χ4v) is 4.48. The van der Waals surface area contributed by atoms with Crippen LogP contribution in [0.5, 0.6) is 0 Å². The minimum absolute atomic E-state index is 0.108. The van der Waals surface area contributed by atoms with Gasteiger partial charge in [-0.15, -0.1) is 10.2 Å². The molecule has 0 saturated carbocycles. The molecule has 0 fully saturated rings. The predicted molar refractivity (Wildman–Crippen MR) is 82.0 cm³/mol. The Morgan fingerprint density at radius 2 is 2.11 bits per heavy atom. The van der Waals surface area contributed by atoms with Crippen LogP contribution < -0.4 is 10.5 Å². The molecule has 0 atom stereocenters. The largest absolute Gasteiger partial charge is 0.374 e. The Kier molecular flexibility index (Phi) is 4.08. The Hall–Kier alpha value is -0.460. The highest BCUT2D eigenvalue weighted by molar-refractivity contribution is 14.1. The number of hydrogen-bond donors (Lipinski definition) is 2. The van der Waals surface area contributed by atoms with E-state index in [2.05, 4.69) is 53.4 Å². The Bertz CT molecular complexity index is 688. The van der Waals surface area contributed by atoms with Gasteiger partial charge in [-0.05, 0) is 56.7 Å². The van der Waals surface area contributed by atoms with E-state index in [-0.39, 0.29) is 9.47 Å². The standard InChI is InChI=1S/C8H6BrIN4O2S2/c9-5-3-4(10)1-2-6(5)14-18(15,16)8-13-12-7(11)17-8/h1-3,14H,(H2,11,12). The van der Waals surface area contributed by atoms with Gasteiger partial charge in [0.25, 0.3) is 14.4 Å². The average Bonchev–Trinajstić information content (AvgIpc) is 2.70. The zero-order valence-electron chi connectivity index (χ0n) is 8.59.